The smallest absolute Gasteiger partial charge is 0.243 e. The predicted molar refractivity (Wildman–Crippen MR) is 101 cm³/mol. The fourth-order valence-corrected chi connectivity index (χ4v) is 3.51. The van der Waals surface area contributed by atoms with Gasteiger partial charge in [0.1, 0.15) is 0 Å². The highest BCUT2D eigenvalue weighted by molar-refractivity contribution is 6.01. The number of rotatable bonds is 4. The molecule has 1 aliphatic rings. The van der Waals surface area contributed by atoms with Crippen molar-refractivity contribution in [1.29, 1.82) is 0 Å². The normalized spacial score (nSPS) is 19.4. The Balaban J connectivity index is 1.46. The van der Waals surface area contributed by atoms with E-state index in [0.29, 0.717) is 5.92 Å². The lowest BCUT2D eigenvalue weighted by atomic mass is 10.1. The molecule has 2 atom stereocenters. The van der Waals surface area contributed by atoms with Gasteiger partial charge >= 0.3 is 0 Å². The molecular weight excluding hydrogens is 310 g/mol. The maximum Gasteiger partial charge on any atom is 0.243 e. The maximum absolute atomic E-state index is 12.3. The van der Waals surface area contributed by atoms with Crippen LogP contribution >= 0.6 is 0 Å². The maximum atomic E-state index is 12.3. The third-order valence-corrected chi connectivity index (χ3v) is 5.17. The molecule has 0 bridgehead atoms. The number of aromatic nitrogens is 1. The van der Waals surface area contributed by atoms with Gasteiger partial charge in [-0.2, -0.15) is 5.10 Å². The van der Waals surface area contributed by atoms with Gasteiger partial charge in [0.25, 0.3) is 0 Å². The van der Waals surface area contributed by atoms with Gasteiger partial charge in [0, 0.05) is 35.1 Å². The van der Waals surface area contributed by atoms with Gasteiger partial charge in [0.2, 0.25) is 5.91 Å². The first-order valence-corrected chi connectivity index (χ1v) is 8.58. The molecule has 1 fully saturated rings. The van der Waals surface area contributed by atoms with Crippen molar-refractivity contribution in [1.82, 2.24) is 9.99 Å². The van der Waals surface area contributed by atoms with Crippen molar-refractivity contribution in [3.8, 4) is 0 Å². The summed E-state index contributed by atoms with van der Waals surface area (Å²) in [7, 11) is 2.04. The molecule has 1 aromatic heterocycles. The molecule has 3 aromatic rings. The molecule has 2 aromatic carbocycles. The zero-order valence-corrected chi connectivity index (χ0v) is 14.4. The minimum Gasteiger partial charge on any atom is -0.347 e. The van der Waals surface area contributed by atoms with Gasteiger partial charge in [-0.25, -0.2) is 5.43 Å². The molecule has 0 spiro atoms. The van der Waals surface area contributed by atoms with Gasteiger partial charge in [0.15, 0.2) is 0 Å². The van der Waals surface area contributed by atoms with E-state index in [1.165, 1.54) is 11.1 Å². The minimum absolute atomic E-state index is 0.00277. The Morgan fingerprint density at radius 1 is 1.16 bits per heavy atom. The van der Waals surface area contributed by atoms with E-state index in [1.807, 2.05) is 37.4 Å². The van der Waals surface area contributed by atoms with Crippen LogP contribution in [0, 0.1) is 12.8 Å². The summed E-state index contributed by atoms with van der Waals surface area (Å²) in [6.45, 7) is 2.06. The van der Waals surface area contributed by atoms with Crippen LogP contribution in [0.5, 0.6) is 0 Å². The second-order valence-electron chi connectivity index (χ2n) is 6.67. The number of fused-ring (bicyclic) bond motifs is 1. The van der Waals surface area contributed by atoms with Crippen LogP contribution in [0.3, 0.4) is 0 Å². The molecule has 1 amide bonds. The molecule has 0 radical (unpaired) electrons. The fraction of sp³-hybridized carbons (Fsp3) is 0.238. The lowest BCUT2D eigenvalue weighted by Gasteiger charge is -2.00. The van der Waals surface area contributed by atoms with Crippen LogP contribution in [0.1, 0.15) is 29.2 Å². The Labute approximate surface area is 147 Å². The van der Waals surface area contributed by atoms with Crippen molar-refractivity contribution in [3.63, 3.8) is 0 Å². The summed E-state index contributed by atoms with van der Waals surface area (Å²) in [5, 5.41) is 5.36. The number of nitrogens with zero attached hydrogens (tertiary/aromatic N) is 2. The summed E-state index contributed by atoms with van der Waals surface area (Å²) in [6.07, 6.45) is 2.66. The molecule has 1 saturated carbocycles. The van der Waals surface area contributed by atoms with Gasteiger partial charge in [-0.05, 0) is 30.9 Å². The van der Waals surface area contributed by atoms with Crippen molar-refractivity contribution < 1.29 is 4.79 Å². The second-order valence-corrected chi connectivity index (χ2v) is 6.67. The highest BCUT2D eigenvalue weighted by Gasteiger charge is 2.43. The van der Waals surface area contributed by atoms with Crippen LogP contribution in [0.25, 0.3) is 10.9 Å². The molecule has 4 heteroatoms. The van der Waals surface area contributed by atoms with Crippen LogP contribution in [-0.4, -0.2) is 16.7 Å². The van der Waals surface area contributed by atoms with Crippen molar-refractivity contribution in [2.45, 2.75) is 19.3 Å². The average Bonchev–Trinajstić information content (AvgIpc) is 3.42. The van der Waals surface area contributed by atoms with Gasteiger partial charge in [-0.1, -0.05) is 48.5 Å². The van der Waals surface area contributed by atoms with Gasteiger partial charge in [-0.3, -0.25) is 4.79 Å². The highest BCUT2D eigenvalue weighted by atomic mass is 16.2. The molecule has 126 valence electrons. The van der Waals surface area contributed by atoms with Gasteiger partial charge < -0.3 is 4.57 Å². The summed E-state index contributed by atoms with van der Waals surface area (Å²) < 4.78 is 2.14. The van der Waals surface area contributed by atoms with E-state index in [1.54, 1.807) is 6.21 Å². The minimum atomic E-state index is 0.00277. The van der Waals surface area contributed by atoms with Crippen LogP contribution in [-0.2, 0) is 11.8 Å². The Morgan fingerprint density at radius 2 is 1.88 bits per heavy atom. The zero-order valence-electron chi connectivity index (χ0n) is 14.4. The summed E-state index contributed by atoms with van der Waals surface area (Å²) in [5.74, 6) is 0.367. The van der Waals surface area contributed by atoms with E-state index in [4.69, 9.17) is 0 Å². The molecule has 4 rings (SSSR count). The number of carbonyl (C=O) groups excluding carboxylic acids is 1. The van der Waals surface area contributed by atoms with Crippen LogP contribution in [0.15, 0.2) is 59.7 Å². The predicted octanol–water partition coefficient (Wildman–Crippen LogP) is 3.74. The van der Waals surface area contributed by atoms with E-state index >= 15 is 0 Å². The molecule has 0 saturated heterocycles. The second kappa shape index (κ2) is 6.20. The first-order valence-electron chi connectivity index (χ1n) is 8.58. The molecule has 1 heterocycles. The van der Waals surface area contributed by atoms with E-state index < -0.39 is 0 Å². The largest absolute Gasteiger partial charge is 0.347 e. The Hall–Kier alpha value is -2.88. The monoisotopic (exact) mass is 331 g/mol. The highest BCUT2D eigenvalue weighted by Crippen LogP contribution is 2.47. The molecule has 0 aliphatic heterocycles. The third-order valence-electron chi connectivity index (χ3n) is 5.17. The molecular formula is C21H21N3O. The van der Waals surface area contributed by atoms with Crippen molar-refractivity contribution in [3.05, 3.63) is 71.4 Å². The molecule has 1 N–H and O–H groups in total. The number of hydrazone groups is 1. The summed E-state index contributed by atoms with van der Waals surface area (Å²) in [4.78, 5) is 12.3. The number of amides is 1. The summed E-state index contributed by atoms with van der Waals surface area (Å²) >= 11 is 0. The van der Waals surface area contributed by atoms with Crippen LogP contribution in [0.4, 0.5) is 0 Å². The van der Waals surface area contributed by atoms with E-state index in [2.05, 4.69) is 46.3 Å². The Kier molecular flexibility index (Phi) is 3.88. The molecule has 1 aliphatic carbocycles. The van der Waals surface area contributed by atoms with Crippen molar-refractivity contribution in [2.75, 3.05) is 0 Å². The first kappa shape index (κ1) is 15.6. The standard InChI is InChI=1S/C21H21N3O/c1-14-19(16-10-6-7-11-20(16)24(14)2)13-22-23-21(25)18-12-17(18)15-8-4-3-5-9-15/h3-11,13,17-18H,12H2,1-2H3,(H,23,25). The molecule has 2 unspecified atom stereocenters. The number of para-hydroxylation sites is 1. The number of aryl methyl sites for hydroxylation is 1. The number of hydrogen-bond acceptors (Lipinski definition) is 2. The van der Waals surface area contributed by atoms with Crippen LogP contribution < -0.4 is 5.43 Å². The molecule has 4 nitrogen and oxygen atoms in total. The average molecular weight is 331 g/mol. The van der Waals surface area contributed by atoms with Gasteiger partial charge in [0.05, 0.1) is 6.21 Å². The number of benzene rings is 2. The topological polar surface area (TPSA) is 46.4 Å². The molecule has 25 heavy (non-hydrogen) atoms. The van der Waals surface area contributed by atoms with Gasteiger partial charge in [-0.15, -0.1) is 0 Å². The third kappa shape index (κ3) is 2.84. The van der Waals surface area contributed by atoms with Crippen molar-refractivity contribution in [2.24, 2.45) is 18.1 Å². The van der Waals surface area contributed by atoms with E-state index in [-0.39, 0.29) is 11.8 Å². The number of nitrogens with one attached hydrogen (secondary N) is 1. The van der Waals surface area contributed by atoms with Crippen molar-refractivity contribution >= 4 is 23.0 Å². The zero-order chi connectivity index (χ0) is 17.4. The fourth-order valence-electron chi connectivity index (χ4n) is 3.51. The summed E-state index contributed by atoms with van der Waals surface area (Å²) in [5.41, 5.74) is 7.30. The van der Waals surface area contributed by atoms with E-state index in [9.17, 15) is 4.79 Å². The van der Waals surface area contributed by atoms with Crippen LogP contribution in [0.2, 0.25) is 0 Å². The Bertz CT molecular complexity index is 956. The lowest BCUT2D eigenvalue weighted by Crippen LogP contribution is -2.20. The quantitative estimate of drug-likeness (QED) is 0.574. The first-order chi connectivity index (χ1) is 12.2. The van der Waals surface area contributed by atoms with E-state index in [0.717, 1.165) is 23.1 Å². The Morgan fingerprint density at radius 3 is 2.68 bits per heavy atom. The lowest BCUT2D eigenvalue weighted by molar-refractivity contribution is -0.122. The number of hydrogen-bond donors (Lipinski definition) is 1. The SMILES string of the molecule is Cc1c(C=NNC(=O)C2CC2c2ccccc2)c2ccccc2n1C. The summed E-state index contributed by atoms with van der Waals surface area (Å²) in [6, 6.07) is 18.4. The number of carbonyl (C=O) groups is 1.